The highest BCUT2D eigenvalue weighted by molar-refractivity contribution is 5.62. The molecule has 0 aliphatic heterocycles. The van der Waals surface area contributed by atoms with E-state index in [4.69, 9.17) is 9.47 Å². The zero-order valence-corrected chi connectivity index (χ0v) is 15.8. The van der Waals surface area contributed by atoms with E-state index in [1.54, 1.807) is 18.2 Å². The van der Waals surface area contributed by atoms with E-state index in [0.717, 1.165) is 44.7 Å². The molecule has 0 unspecified atom stereocenters. The van der Waals surface area contributed by atoms with Gasteiger partial charge in [0, 0.05) is 6.20 Å². The topological polar surface area (TPSA) is 56.3 Å². The molecule has 1 aromatic heterocycles. The quantitative estimate of drug-likeness (QED) is 0.648. The Morgan fingerprint density at radius 3 is 2.61 bits per heavy atom. The number of nitrogens with zero attached hydrogens (tertiary/aromatic N) is 2. The molecule has 3 rings (SSSR count). The van der Waals surface area contributed by atoms with Gasteiger partial charge in [-0.1, -0.05) is 25.5 Å². The second kappa shape index (κ2) is 9.12. The van der Waals surface area contributed by atoms with Crippen LogP contribution < -0.4 is 14.8 Å². The van der Waals surface area contributed by atoms with Crippen molar-refractivity contribution in [3.05, 3.63) is 36.0 Å². The van der Waals surface area contributed by atoms with Crippen molar-refractivity contribution in [2.75, 3.05) is 11.9 Å². The number of halogens is 3. The number of nitrogens with one attached hydrogen (secondary N) is 1. The van der Waals surface area contributed by atoms with Crippen LogP contribution >= 0.6 is 0 Å². The Morgan fingerprint density at radius 2 is 1.89 bits per heavy atom. The fourth-order valence-electron chi connectivity index (χ4n) is 3.08. The van der Waals surface area contributed by atoms with E-state index >= 15 is 0 Å². The second-order valence-electron chi connectivity index (χ2n) is 6.76. The van der Waals surface area contributed by atoms with Gasteiger partial charge in [0.05, 0.1) is 12.3 Å². The third-order valence-corrected chi connectivity index (χ3v) is 4.48. The lowest BCUT2D eigenvalue weighted by atomic mass is 9.98. The van der Waals surface area contributed by atoms with Crippen LogP contribution in [0.25, 0.3) is 0 Å². The molecule has 0 amide bonds. The molecule has 1 heterocycles. The van der Waals surface area contributed by atoms with Crippen molar-refractivity contribution in [2.24, 2.45) is 0 Å². The lowest BCUT2D eigenvalue weighted by Gasteiger charge is -2.24. The maximum Gasteiger partial charge on any atom is 0.423 e. The van der Waals surface area contributed by atoms with Crippen molar-refractivity contribution >= 4 is 11.6 Å². The lowest BCUT2D eigenvalue weighted by Crippen LogP contribution is -2.22. The first-order chi connectivity index (χ1) is 13.5. The SMILES string of the molecule is CCCOc1ccccc1Nc1ncc(C(F)(F)F)c(OC2CCCCC2)n1. The summed E-state index contributed by atoms with van der Waals surface area (Å²) in [7, 11) is 0. The third kappa shape index (κ3) is 5.27. The molecule has 0 atom stereocenters. The maximum atomic E-state index is 13.4. The Morgan fingerprint density at radius 1 is 1.14 bits per heavy atom. The van der Waals surface area contributed by atoms with Gasteiger partial charge in [-0.05, 0) is 44.2 Å². The summed E-state index contributed by atoms with van der Waals surface area (Å²) in [6, 6.07) is 7.15. The van der Waals surface area contributed by atoms with Crippen LogP contribution in [0.2, 0.25) is 0 Å². The van der Waals surface area contributed by atoms with Crippen LogP contribution in [0.1, 0.15) is 51.0 Å². The van der Waals surface area contributed by atoms with Crippen molar-refractivity contribution in [3.63, 3.8) is 0 Å². The number of hydrogen-bond acceptors (Lipinski definition) is 5. The zero-order chi connectivity index (χ0) is 20.0. The molecule has 1 fully saturated rings. The fraction of sp³-hybridized carbons (Fsp3) is 0.500. The molecule has 8 heteroatoms. The number of hydrogen-bond donors (Lipinski definition) is 1. The highest BCUT2D eigenvalue weighted by atomic mass is 19.4. The van der Waals surface area contributed by atoms with Gasteiger partial charge in [-0.25, -0.2) is 4.98 Å². The molecule has 1 aliphatic carbocycles. The van der Waals surface area contributed by atoms with Gasteiger partial charge in [-0.2, -0.15) is 18.2 Å². The molecule has 28 heavy (non-hydrogen) atoms. The summed E-state index contributed by atoms with van der Waals surface area (Å²) in [5.41, 5.74) is -0.376. The van der Waals surface area contributed by atoms with Crippen LogP contribution in [0.15, 0.2) is 30.5 Å². The standard InChI is InChI=1S/C20H24F3N3O2/c1-2-12-27-17-11-7-6-10-16(17)25-19-24-13-15(20(21,22)23)18(26-19)28-14-8-4-3-5-9-14/h6-7,10-11,13-14H,2-5,8-9,12H2,1H3,(H,24,25,26). The van der Waals surface area contributed by atoms with Crippen molar-refractivity contribution in [2.45, 2.75) is 57.7 Å². The summed E-state index contributed by atoms with van der Waals surface area (Å²) >= 11 is 0. The van der Waals surface area contributed by atoms with E-state index < -0.39 is 17.6 Å². The second-order valence-corrected chi connectivity index (χ2v) is 6.76. The first kappa shape index (κ1) is 20.2. The zero-order valence-electron chi connectivity index (χ0n) is 15.8. The van der Waals surface area contributed by atoms with Crippen LogP contribution in [0.4, 0.5) is 24.8 Å². The van der Waals surface area contributed by atoms with Gasteiger partial charge in [0.1, 0.15) is 17.4 Å². The highest BCUT2D eigenvalue weighted by Gasteiger charge is 2.37. The molecular formula is C20H24F3N3O2. The number of anilines is 2. The molecule has 1 N–H and O–H groups in total. The molecule has 152 valence electrons. The van der Waals surface area contributed by atoms with Crippen molar-refractivity contribution < 1.29 is 22.6 Å². The minimum Gasteiger partial charge on any atom is -0.491 e. The Hall–Kier alpha value is -2.51. The molecule has 0 saturated heterocycles. The minimum absolute atomic E-state index is 0.0337. The largest absolute Gasteiger partial charge is 0.491 e. The number of para-hydroxylation sites is 2. The Balaban J connectivity index is 1.85. The van der Waals surface area contributed by atoms with E-state index in [9.17, 15) is 13.2 Å². The Bertz CT molecular complexity index is 778. The Kier molecular flexibility index (Phi) is 6.59. The molecule has 0 bridgehead atoms. The van der Waals surface area contributed by atoms with Crippen LogP contribution in [0.3, 0.4) is 0 Å². The smallest absolute Gasteiger partial charge is 0.423 e. The van der Waals surface area contributed by atoms with E-state index in [0.29, 0.717) is 18.0 Å². The first-order valence-electron chi connectivity index (χ1n) is 9.57. The van der Waals surface area contributed by atoms with Crippen LogP contribution in [-0.2, 0) is 6.18 Å². The van der Waals surface area contributed by atoms with E-state index in [1.165, 1.54) is 0 Å². The number of alkyl halides is 3. The minimum atomic E-state index is -4.58. The highest BCUT2D eigenvalue weighted by Crippen LogP contribution is 2.37. The van der Waals surface area contributed by atoms with Gasteiger partial charge in [0.25, 0.3) is 0 Å². The van der Waals surface area contributed by atoms with E-state index in [-0.39, 0.29) is 12.1 Å². The van der Waals surface area contributed by atoms with Gasteiger partial charge in [-0.15, -0.1) is 0 Å². The van der Waals surface area contributed by atoms with Gasteiger partial charge >= 0.3 is 6.18 Å². The average Bonchev–Trinajstić information content (AvgIpc) is 2.67. The number of rotatable bonds is 7. The van der Waals surface area contributed by atoms with Crippen molar-refractivity contribution in [1.29, 1.82) is 0 Å². The molecule has 1 aromatic carbocycles. The molecule has 1 saturated carbocycles. The number of benzene rings is 1. The number of aromatic nitrogens is 2. The maximum absolute atomic E-state index is 13.4. The molecule has 2 aromatic rings. The van der Waals surface area contributed by atoms with Gasteiger partial charge in [0.15, 0.2) is 0 Å². The van der Waals surface area contributed by atoms with Gasteiger partial charge in [-0.3, -0.25) is 0 Å². The summed E-state index contributed by atoms with van der Waals surface area (Å²) in [5.74, 6) is 0.192. The first-order valence-corrected chi connectivity index (χ1v) is 9.57. The molecular weight excluding hydrogens is 371 g/mol. The molecule has 0 radical (unpaired) electrons. The summed E-state index contributed by atoms with van der Waals surface area (Å²) in [6.07, 6.45) is 1.22. The van der Waals surface area contributed by atoms with Crippen LogP contribution in [0, 0.1) is 0 Å². The number of ether oxygens (including phenoxy) is 2. The normalized spacial score (nSPS) is 15.3. The predicted octanol–water partition coefficient (Wildman–Crippen LogP) is 5.74. The summed E-state index contributed by atoms with van der Waals surface area (Å²) in [4.78, 5) is 7.87. The van der Waals surface area contributed by atoms with Crippen molar-refractivity contribution in [1.82, 2.24) is 9.97 Å². The van der Waals surface area contributed by atoms with Gasteiger partial charge in [0.2, 0.25) is 11.8 Å². The monoisotopic (exact) mass is 395 g/mol. The Labute approximate surface area is 162 Å². The third-order valence-electron chi connectivity index (χ3n) is 4.48. The molecule has 1 aliphatic rings. The summed E-state index contributed by atoms with van der Waals surface area (Å²) in [5, 5.41) is 2.94. The molecule has 0 spiro atoms. The van der Waals surface area contributed by atoms with Crippen LogP contribution in [0.5, 0.6) is 11.6 Å². The van der Waals surface area contributed by atoms with E-state index in [1.807, 2.05) is 13.0 Å². The van der Waals surface area contributed by atoms with Crippen molar-refractivity contribution in [3.8, 4) is 11.6 Å². The molecule has 5 nitrogen and oxygen atoms in total. The predicted molar refractivity (Wildman–Crippen MR) is 100 cm³/mol. The van der Waals surface area contributed by atoms with Crippen LogP contribution in [-0.4, -0.2) is 22.7 Å². The average molecular weight is 395 g/mol. The fourth-order valence-corrected chi connectivity index (χ4v) is 3.08. The summed E-state index contributed by atoms with van der Waals surface area (Å²) in [6.45, 7) is 2.52. The van der Waals surface area contributed by atoms with E-state index in [2.05, 4.69) is 15.3 Å². The summed E-state index contributed by atoms with van der Waals surface area (Å²) < 4.78 is 51.4. The van der Waals surface area contributed by atoms with Gasteiger partial charge < -0.3 is 14.8 Å². The lowest BCUT2D eigenvalue weighted by molar-refractivity contribution is -0.140.